The molecule has 3 N–H and O–H groups in total. The molecule has 21 heavy (non-hydrogen) atoms. The monoisotopic (exact) mass is 313 g/mol. The van der Waals surface area contributed by atoms with Gasteiger partial charge in [-0.3, -0.25) is 4.79 Å². The summed E-state index contributed by atoms with van der Waals surface area (Å²) in [6.07, 6.45) is 1.76. The van der Waals surface area contributed by atoms with Gasteiger partial charge < -0.3 is 20.7 Å². The fraction of sp³-hybridized carbons (Fsp3) is 0.571. The summed E-state index contributed by atoms with van der Waals surface area (Å²) in [7, 11) is 3.18. The van der Waals surface area contributed by atoms with Crippen molar-refractivity contribution in [2.75, 3.05) is 37.9 Å². The number of amides is 1. The Morgan fingerprint density at radius 2 is 2.00 bits per heavy atom. The van der Waals surface area contributed by atoms with Crippen molar-refractivity contribution in [3.05, 3.63) is 10.4 Å². The minimum atomic E-state index is -0.517. The van der Waals surface area contributed by atoms with E-state index in [1.165, 1.54) is 18.4 Å². The zero-order valence-corrected chi connectivity index (χ0v) is 13.8. The van der Waals surface area contributed by atoms with Crippen LogP contribution >= 0.6 is 11.3 Å². The largest absolute Gasteiger partial charge is 0.465 e. The second kappa shape index (κ2) is 7.87. The van der Waals surface area contributed by atoms with Gasteiger partial charge in [0.1, 0.15) is 15.4 Å². The third kappa shape index (κ3) is 3.87. The lowest BCUT2D eigenvalue weighted by Gasteiger charge is -2.17. The van der Waals surface area contributed by atoms with Crippen molar-refractivity contribution in [2.24, 2.45) is 0 Å². The van der Waals surface area contributed by atoms with Gasteiger partial charge in [0.2, 0.25) is 0 Å². The van der Waals surface area contributed by atoms with Gasteiger partial charge in [0.25, 0.3) is 5.91 Å². The van der Waals surface area contributed by atoms with Gasteiger partial charge >= 0.3 is 5.97 Å². The maximum absolute atomic E-state index is 12.1. The minimum absolute atomic E-state index is 0.193. The Kier molecular flexibility index (Phi) is 6.48. The number of esters is 1. The van der Waals surface area contributed by atoms with Crippen LogP contribution < -0.4 is 16.0 Å². The number of anilines is 2. The minimum Gasteiger partial charge on any atom is -0.465 e. The van der Waals surface area contributed by atoms with Crippen molar-refractivity contribution in [1.82, 2.24) is 5.32 Å². The number of nitrogens with two attached hydrogens (primary N) is 1. The van der Waals surface area contributed by atoms with E-state index >= 15 is 0 Å². The van der Waals surface area contributed by atoms with Crippen LogP contribution in [0.25, 0.3) is 0 Å². The normalized spacial score (nSPS) is 10.3. The van der Waals surface area contributed by atoms with Crippen LogP contribution in [0.3, 0.4) is 0 Å². The molecule has 0 aliphatic heterocycles. The Hall–Kier alpha value is -1.76. The van der Waals surface area contributed by atoms with Gasteiger partial charge in [-0.1, -0.05) is 13.8 Å². The molecule has 0 spiro atoms. The Bertz CT molecular complexity index is 514. The Labute approximate surface area is 129 Å². The molecule has 0 atom stereocenters. The molecule has 1 aromatic heterocycles. The lowest BCUT2D eigenvalue weighted by Crippen LogP contribution is -2.24. The van der Waals surface area contributed by atoms with E-state index in [9.17, 15) is 9.59 Å². The summed E-state index contributed by atoms with van der Waals surface area (Å²) in [6, 6.07) is 0. The first-order chi connectivity index (χ1) is 9.97. The number of rotatable bonds is 7. The van der Waals surface area contributed by atoms with E-state index in [1.807, 2.05) is 25.8 Å². The zero-order chi connectivity index (χ0) is 16.0. The van der Waals surface area contributed by atoms with Crippen LogP contribution in [0.15, 0.2) is 0 Å². The maximum Gasteiger partial charge on any atom is 0.343 e. The number of nitrogens with one attached hydrogen (secondary N) is 1. The Morgan fingerprint density at radius 1 is 1.33 bits per heavy atom. The average Bonchev–Trinajstić information content (AvgIpc) is 2.82. The number of nitrogens with zero attached hydrogens (tertiary/aromatic N) is 1. The molecule has 1 heterocycles. The molecular weight excluding hydrogens is 290 g/mol. The smallest absolute Gasteiger partial charge is 0.343 e. The van der Waals surface area contributed by atoms with E-state index in [2.05, 4.69) is 5.32 Å². The molecule has 1 rings (SSSR count). The highest BCUT2D eigenvalue weighted by atomic mass is 32.1. The van der Waals surface area contributed by atoms with Crippen molar-refractivity contribution >= 4 is 33.9 Å². The first-order valence-corrected chi connectivity index (χ1v) is 7.79. The average molecular weight is 313 g/mol. The first kappa shape index (κ1) is 17.3. The van der Waals surface area contributed by atoms with Crippen LogP contribution in [-0.2, 0) is 4.74 Å². The van der Waals surface area contributed by atoms with Crippen molar-refractivity contribution in [2.45, 2.75) is 26.7 Å². The maximum atomic E-state index is 12.1. The molecule has 6 nitrogen and oxygen atoms in total. The van der Waals surface area contributed by atoms with Crippen LogP contribution in [0, 0.1) is 0 Å². The highest BCUT2D eigenvalue weighted by molar-refractivity contribution is 7.19. The first-order valence-electron chi connectivity index (χ1n) is 6.97. The van der Waals surface area contributed by atoms with Gasteiger partial charge in [0.15, 0.2) is 0 Å². The molecule has 1 aromatic rings. The fourth-order valence-corrected chi connectivity index (χ4v) is 3.04. The lowest BCUT2D eigenvalue weighted by atomic mass is 10.2. The fourth-order valence-electron chi connectivity index (χ4n) is 1.92. The van der Waals surface area contributed by atoms with E-state index in [4.69, 9.17) is 10.5 Å². The predicted molar refractivity (Wildman–Crippen MR) is 86.3 cm³/mol. The van der Waals surface area contributed by atoms with Crippen LogP contribution in [0.5, 0.6) is 0 Å². The molecule has 0 aliphatic rings. The highest BCUT2D eigenvalue weighted by Gasteiger charge is 2.27. The van der Waals surface area contributed by atoms with E-state index in [-0.39, 0.29) is 17.2 Å². The number of hydrogen-bond acceptors (Lipinski definition) is 6. The summed E-state index contributed by atoms with van der Waals surface area (Å²) in [6.45, 7) is 5.35. The van der Waals surface area contributed by atoms with Gasteiger partial charge in [0.05, 0.1) is 12.8 Å². The molecule has 0 unspecified atom stereocenters. The van der Waals surface area contributed by atoms with E-state index < -0.39 is 5.97 Å². The topological polar surface area (TPSA) is 84.7 Å². The summed E-state index contributed by atoms with van der Waals surface area (Å²) in [5, 5.41) is 3.45. The molecule has 0 aliphatic carbocycles. The van der Waals surface area contributed by atoms with Gasteiger partial charge in [-0.25, -0.2) is 4.79 Å². The number of carbonyl (C=O) groups excluding carboxylic acids is 2. The van der Waals surface area contributed by atoms with Crippen LogP contribution in [0.4, 0.5) is 10.7 Å². The number of carbonyl (C=O) groups is 2. The zero-order valence-electron chi connectivity index (χ0n) is 13.0. The molecule has 0 radical (unpaired) electrons. The summed E-state index contributed by atoms with van der Waals surface area (Å²) < 4.78 is 4.79. The quantitative estimate of drug-likeness (QED) is 0.753. The van der Waals surface area contributed by atoms with Crippen molar-refractivity contribution in [3.8, 4) is 0 Å². The van der Waals surface area contributed by atoms with Gasteiger partial charge in [-0.2, -0.15) is 0 Å². The third-order valence-electron chi connectivity index (χ3n) is 2.96. The van der Waals surface area contributed by atoms with Gasteiger partial charge in [0, 0.05) is 20.1 Å². The number of hydrogen-bond donors (Lipinski definition) is 2. The Balaban J connectivity index is 3.23. The predicted octanol–water partition coefficient (Wildman–Crippen LogP) is 2.10. The van der Waals surface area contributed by atoms with Crippen LogP contribution in [0.2, 0.25) is 0 Å². The second-order valence-corrected chi connectivity index (χ2v) is 5.69. The molecule has 0 aromatic carbocycles. The molecule has 7 heteroatoms. The van der Waals surface area contributed by atoms with E-state index in [0.717, 1.165) is 19.4 Å². The molecule has 1 amide bonds. The number of thiophene rings is 1. The van der Waals surface area contributed by atoms with E-state index in [1.54, 1.807) is 0 Å². The number of nitrogen functional groups attached to an aromatic ring is 1. The van der Waals surface area contributed by atoms with E-state index in [0.29, 0.717) is 16.4 Å². The Morgan fingerprint density at radius 3 is 2.52 bits per heavy atom. The molecule has 118 valence electrons. The summed E-state index contributed by atoms with van der Waals surface area (Å²) in [5.74, 6) is -0.767. The molecule has 0 saturated carbocycles. The van der Waals surface area contributed by atoms with Crippen molar-refractivity contribution in [3.63, 3.8) is 0 Å². The highest BCUT2D eigenvalue weighted by Crippen LogP contribution is 2.38. The summed E-state index contributed by atoms with van der Waals surface area (Å²) in [4.78, 5) is 26.4. The SMILES string of the molecule is CCCNC(=O)c1sc(N(C)CCC)c(C(=O)OC)c1N. The standard InChI is InChI=1S/C14H23N3O3S/c1-5-7-16-12(18)11-10(15)9(14(19)20-4)13(21-11)17(3)8-6-2/h5-8,15H2,1-4H3,(H,16,18). The molecule has 0 bridgehead atoms. The second-order valence-electron chi connectivity index (χ2n) is 4.69. The van der Waals surface area contributed by atoms with Crippen molar-refractivity contribution in [1.29, 1.82) is 0 Å². The van der Waals surface area contributed by atoms with Crippen molar-refractivity contribution < 1.29 is 14.3 Å². The van der Waals surface area contributed by atoms with Gasteiger partial charge in [-0.15, -0.1) is 11.3 Å². The number of methoxy groups -OCH3 is 1. The molecular formula is C14H23N3O3S. The number of ether oxygens (including phenoxy) is 1. The molecule has 0 fully saturated rings. The van der Waals surface area contributed by atoms with Gasteiger partial charge in [-0.05, 0) is 12.8 Å². The van der Waals surface area contributed by atoms with Crippen LogP contribution in [0.1, 0.15) is 46.7 Å². The summed E-state index contributed by atoms with van der Waals surface area (Å²) >= 11 is 1.22. The summed E-state index contributed by atoms with van der Waals surface area (Å²) in [5.41, 5.74) is 6.48. The third-order valence-corrected chi connectivity index (χ3v) is 4.28. The van der Waals surface area contributed by atoms with Crippen LogP contribution in [-0.4, -0.2) is 39.1 Å². The lowest BCUT2D eigenvalue weighted by molar-refractivity contribution is 0.0603. The molecule has 0 saturated heterocycles.